The predicted octanol–water partition coefficient (Wildman–Crippen LogP) is 3.81. The van der Waals surface area contributed by atoms with Gasteiger partial charge in [0, 0.05) is 18.3 Å². The molecule has 0 spiro atoms. The van der Waals surface area contributed by atoms with Crippen LogP contribution in [0.3, 0.4) is 0 Å². The summed E-state index contributed by atoms with van der Waals surface area (Å²) in [6.07, 6.45) is 2.36. The van der Waals surface area contributed by atoms with E-state index < -0.39 is 0 Å². The van der Waals surface area contributed by atoms with Crippen molar-refractivity contribution in [2.24, 2.45) is 0 Å². The first-order valence-corrected chi connectivity index (χ1v) is 8.96. The van der Waals surface area contributed by atoms with Crippen molar-refractivity contribution in [2.75, 3.05) is 26.1 Å². The molecule has 1 aromatic heterocycles. The second-order valence-electron chi connectivity index (χ2n) is 6.15. The molecule has 1 amide bonds. The standard InChI is InChI=1S/C22H23N3O3/c1-27-19-7-3-5-16(13-19)11-12-23-22(26)21-10-9-18(15-24-21)25-17-6-4-8-20(14-17)28-2/h3-10,13-15,25H,11-12H2,1-2H3,(H,23,26). The number of ether oxygens (including phenoxy) is 2. The summed E-state index contributed by atoms with van der Waals surface area (Å²) in [4.78, 5) is 16.5. The first-order valence-electron chi connectivity index (χ1n) is 8.96. The van der Waals surface area contributed by atoms with Gasteiger partial charge in [-0.3, -0.25) is 4.79 Å². The molecule has 0 bridgehead atoms. The van der Waals surface area contributed by atoms with Crippen molar-refractivity contribution in [3.63, 3.8) is 0 Å². The minimum atomic E-state index is -0.198. The highest BCUT2D eigenvalue weighted by Crippen LogP contribution is 2.21. The van der Waals surface area contributed by atoms with Crippen molar-refractivity contribution in [3.8, 4) is 11.5 Å². The minimum absolute atomic E-state index is 0.198. The Morgan fingerprint density at radius 1 is 0.929 bits per heavy atom. The van der Waals surface area contributed by atoms with Crippen molar-refractivity contribution in [1.82, 2.24) is 10.3 Å². The van der Waals surface area contributed by atoms with Gasteiger partial charge in [0.2, 0.25) is 0 Å². The highest BCUT2D eigenvalue weighted by Gasteiger charge is 2.07. The summed E-state index contributed by atoms with van der Waals surface area (Å²) in [7, 11) is 3.27. The van der Waals surface area contributed by atoms with E-state index in [0.717, 1.165) is 34.9 Å². The molecule has 3 aromatic rings. The van der Waals surface area contributed by atoms with Gasteiger partial charge in [-0.15, -0.1) is 0 Å². The first-order chi connectivity index (χ1) is 13.7. The average Bonchev–Trinajstić information content (AvgIpc) is 2.74. The molecule has 0 radical (unpaired) electrons. The molecular formula is C22H23N3O3. The smallest absolute Gasteiger partial charge is 0.269 e. The summed E-state index contributed by atoms with van der Waals surface area (Å²) in [6, 6.07) is 18.9. The molecule has 0 aliphatic rings. The molecule has 0 atom stereocenters. The Bertz CT molecular complexity index is 926. The Balaban J connectivity index is 1.53. The van der Waals surface area contributed by atoms with E-state index in [1.807, 2.05) is 54.6 Å². The number of amides is 1. The van der Waals surface area contributed by atoms with Crippen LogP contribution in [-0.2, 0) is 6.42 Å². The van der Waals surface area contributed by atoms with E-state index in [1.165, 1.54) is 0 Å². The van der Waals surface area contributed by atoms with Gasteiger partial charge < -0.3 is 20.1 Å². The van der Waals surface area contributed by atoms with Gasteiger partial charge >= 0.3 is 0 Å². The molecule has 6 heteroatoms. The number of rotatable bonds is 8. The number of pyridine rings is 1. The van der Waals surface area contributed by atoms with E-state index in [4.69, 9.17) is 9.47 Å². The van der Waals surface area contributed by atoms with Crippen LogP contribution in [0.2, 0.25) is 0 Å². The third-order valence-electron chi connectivity index (χ3n) is 4.19. The lowest BCUT2D eigenvalue weighted by Gasteiger charge is -2.09. The molecule has 3 rings (SSSR count). The molecule has 6 nitrogen and oxygen atoms in total. The number of benzene rings is 2. The number of nitrogens with one attached hydrogen (secondary N) is 2. The zero-order valence-corrected chi connectivity index (χ0v) is 15.9. The minimum Gasteiger partial charge on any atom is -0.497 e. The van der Waals surface area contributed by atoms with Crippen LogP contribution in [0.1, 0.15) is 16.1 Å². The number of nitrogens with zero attached hydrogens (tertiary/aromatic N) is 1. The van der Waals surface area contributed by atoms with Crippen LogP contribution >= 0.6 is 0 Å². The molecule has 0 fully saturated rings. The summed E-state index contributed by atoms with van der Waals surface area (Å²) in [6.45, 7) is 0.525. The maximum absolute atomic E-state index is 12.3. The number of carbonyl (C=O) groups is 1. The Kier molecular flexibility index (Phi) is 6.46. The topological polar surface area (TPSA) is 72.5 Å². The van der Waals surface area contributed by atoms with Crippen LogP contribution in [0, 0.1) is 0 Å². The summed E-state index contributed by atoms with van der Waals surface area (Å²) >= 11 is 0. The molecule has 2 aromatic carbocycles. The molecule has 0 unspecified atom stereocenters. The van der Waals surface area contributed by atoms with Gasteiger partial charge in [0.15, 0.2) is 0 Å². The maximum atomic E-state index is 12.3. The van der Waals surface area contributed by atoms with E-state index in [-0.39, 0.29) is 5.91 Å². The largest absolute Gasteiger partial charge is 0.497 e. The van der Waals surface area contributed by atoms with E-state index in [2.05, 4.69) is 15.6 Å². The number of aromatic nitrogens is 1. The number of carbonyl (C=O) groups excluding carboxylic acids is 1. The highest BCUT2D eigenvalue weighted by molar-refractivity contribution is 5.92. The lowest BCUT2D eigenvalue weighted by molar-refractivity contribution is 0.0949. The van der Waals surface area contributed by atoms with Gasteiger partial charge in [0.25, 0.3) is 5.91 Å². The predicted molar refractivity (Wildman–Crippen MR) is 110 cm³/mol. The Morgan fingerprint density at radius 2 is 1.68 bits per heavy atom. The quantitative estimate of drug-likeness (QED) is 0.624. The van der Waals surface area contributed by atoms with E-state index in [0.29, 0.717) is 12.2 Å². The Labute approximate surface area is 164 Å². The molecular weight excluding hydrogens is 354 g/mol. The molecule has 1 heterocycles. The summed E-state index contributed by atoms with van der Waals surface area (Å²) in [5.74, 6) is 1.38. The van der Waals surface area contributed by atoms with Gasteiger partial charge in [-0.2, -0.15) is 0 Å². The maximum Gasteiger partial charge on any atom is 0.269 e. The number of hydrogen-bond donors (Lipinski definition) is 2. The van der Waals surface area contributed by atoms with Crippen LogP contribution in [-0.4, -0.2) is 31.7 Å². The van der Waals surface area contributed by atoms with E-state index in [9.17, 15) is 4.79 Å². The normalized spacial score (nSPS) is 10.2. The fourth-order valence-electron chi connectivity index (χ4n) is 2.71. The highest BCUT2D eigenvalue weighted by atomic mass is 16.5. The number of methoxy groups -OCH3 is 2. The third kappa shape index (κ3) is 5.23. The molecule has 0 saturated carbocycles. The van der Waals surface area contributed by atoms with Crippen molar-refractivity contribution >= 4 is 17.3 Å². The van der Waals surface area contributed by atoms with Crippen molar-refractivity contribution in [3.05, 3.63) is 78.1 Å². The summed E-state index contributed by atoms with van der Waals surface area (Å²) in [5, 5.41) is 6.12. The lowest BCUT2D eigenvalue weighted by atomic mass is 10.1. The van der Waals surface area contributed by atoms with E-state index >= 15 is 0 Å². The zero-order chi connectivity index (χ0) is 19.8. The second-order valence-corrected chi connectivity index (χ2v) is 6.15. The fraction of sp³-hybridized carbons (Fsp3) is 0.182. The second kappa shape index (κ2) is 9.41. The van der Waals surface area contributed by atoms with Crippen LogP contribution in [0.15, 0.2) is 66.9 Å². The van der Waals surface area contributed by atoms with Crippen molar-refractivity contribution in [1.29, 1.82) is 0 Å². The van der Waals surface area contributed by atoms with Gasteiger partial charge in [-0.05, 0) is 48.4 Å². The van der Waals surface area contributed by atoms with Crippen LogP contribution < -0.4 is 20.1 Å². The lowest BCUT2D eigenvalue weighted by Crippen LogP contribution is -2.26. The van der Waals surface area contributed by atoms with Gasteiger partial charge in [0.05, 0.1) is 26.1 Å². The Morgan fingerprint density at radius 3 is 2.39 bits per heavy atom. The molecule has 28 heavy (non-hydrogen) atoms. The summed E-state index contributed by atoms with van der Waals surface area (Å²) in [5.41, 5.74) is 3.16. The number of anilines is 2. The molecule has 0 aliphatic carbocycles. The van der Waals surface area contributed by atoms with Crippen molar-refractivity contribution < 1.29 is 14.3 Å². The third-order valence-corrected chi connectivity index (χ3v) is 4.19. The average molecular weight is 377 g/mol. The molecule has 2 N–H and O–H groups in total. The fourth-order valence-corrected chi connectivity index (χ4v) is 2.71. The van der Waals surface area contributed by atoms with Gasteiger partial charge in [-0.25, -0.2) is 4.98 Å². The summed E-state index contributed by atoms with van der Waals surface area (Å²) < 4.78 is 10.4. The Hall–Kier alpha value is -3.54. The van der Waals surface area contributed by atoms with Crippen LogP contribution in [0.25, 0.3) is 0 Å². The van der Waals surface area contributed by atoms with Crippen molar-refractivity contribution in [2.45, 2.75) is 6.42 Å². The number of hydrogen-bond acceptors (Lipinski definition) is 5. The zero-order valence-electron chi connectivity index (χ0n) is 15.9. The van der Waals surface area contributed by atoms with Crippen LogP contribution in [0.4, 0.5) is 11.4 Å². The van der Waals surface area contributed by atoms with Crippen LogP contribution in [0.5, 0.6) is 11.5 Å². The molecule has 144 valence electrons. The molecule has 0 saturated heterocycles. The van der Waals surface area contributed by atoms with E-state index in [1.54, 1.807) is 26.5 Å². The molecule has 0 aliphatic heterocycles. The van der Waals surface area contributed by atoms with Gasteiger partial charge in [-0.1, -0.05) is 18.2 Å². The monoisotopic (exact) mass is 377 g/mol. The van der Waals surface area contributed by atoms with Gasteiger partial charge in [0.1, 0.15) is 17.2 Å². The first kappa shape index (κ1) is 19.2. The SMILES string of the molecule is COc1cccc(CCNC(=O)c2ccc(Nc3cccc(OC)c3)cn2)c1.